The third-order valence-electron chi connectivity index (χ3n) is 11.2. The summed E-state index contributed by atoms with van der Waals surface area (Å²) in [7, 11) is 4.05. The van der Waals surface area contributed by atoms with Crippen molar-refractivity contribution in [2.45, 2.75) is 76.7 Å². The minimum atomic E-state index is -0.899. The summed E-state index contributed by atoms with van der Waals surface area (Å²) in [6.07, 6.45) is 3.08. The summed E-state index contributed by atoms with van der Waals surface area (Å²) in [6.45, 7) is 6.67. The van der Waals surface area contributed by atoms with Gasteiger partial charge in [0.1, 0.15) is 23.7 Å². The maximum absolute atomic E-state index is 13.7. The fraction of sp³-hybridized carbons (Fsp3) is 0.429. The molecule has 2 fully saturated rings. The molecule has 0 bridgehead atoms. The lowest BCUT2D eigenvalue weighted by atomic mass is 9.99. The number of likely N-dealkylation sites (tertiary alicyclic amines) is 2. The van der Waals surface area contributed by atoms with Crippen LogP contribution in [-0.4, -0.2) is 106 Å². The minimum Gasteiger partial charge on any atom is -0.453 e. The molecule has 4 N–H and O–H groups in total. The maximum atomic E-state index is 13.7. The Labute approximate surface area is 330 Å². The number of aromatic nitrogens is 4. The second-order valence-electron chi connectivity index (χ2n) is 15.1. The number of benzene rings is 3. The highest BCUT2D eigenvalue weighted by Crippen LogP contribution is 2.36. The van der Waals surface area contributed by atoms with Crippen LogP contribution in [0.1, 0.15) is 70.2 Å². The lowest BCUT2D eigenvalue weighted by molar-refractivity contribution is -0.137. The van der Waals surface area contributed by atoms with Gasteiger partial charge in [-0.25, -0.2) is 19.6 Å². The van der Waals surface area contributed by atoms with Crippen LogP contribution in [0.25, 0.3) is 44.2 Å². The first kappa shape index (κ1) is 39.3. The number of ether oxygens (including phenoxy) is 3. The molecule has 0 aliphatic carbocycles. The van der Waals surface area contributed by atoms with Gasteiger partial charge in [0.2, 0.25) is 11.8 Å². The molecule has 3 aromatic carbocycles. The number of nitrogens with zero attached hydrogens (tertiary/aromatic N) is 4. The monoisotopic (exact) mass is 778 g/mol. The van der Waals surface area contributed by atoms with Crippen LogP contribution in [0.2, 0.25) is 0 Å². The van der Waals surface area contributed by atoms with Crippen molar-refractivity contribution in [1.82, 2.24) is 40.4 Å². The third-order valence-corrected chi connectivity index (χ3v) is 11.2. The fourth-order valence-electron chi connectivity index (χ4n) is 8.00. The summed E-state index contributed by atoms with van der Waals surface area (Å²) in [6, 6.07) is 16.7. The molecule has 0 unspecified atom stereocenters. The van der Waals surface area contributed by atoms with Crippen molar-refractivity contribution in [3.8, 4) is 22.4 Å². The van der Waals surface area contributed by atoms with Crippen molar-refractivity contribution in [2.75, 3.05) is 34.4 Å². The van der Waals surface area contributed by atoms with Gasteiger partial charge in [-0.1, -0.05) is 44.2 Å². The molecule has 2 saturated heterocycles. The van der Waals surface area contributed by atoms with Gasteiger partial charge in [-0.15, -0.1) is 0 Å². The van der Waals surface area contributed by atoms with E-state index in [9.17, 15) is 19.2 Å². The Kier molecular flexibility index (Phi) is 11.5. The maximum Gasteiger partial charge on any atom is 0.407 e. The van der Waals surface area contributed by atoms with E-state index >= 15 is 0 Å². The number of hydrogen-bond donors (Lipinski definition) is 4. The summed E-state index contributed by atoms with van der Waals surface area (Å²) in [4.78, 5) is 71.4. The highest BCUT2D eigenvalue weighted by atomic mass is 16.5. The predicted molar refractivity (Wildman–Crippen MR) is 214 cm³/mol. The third kappa shape index (κ3) is 8.01. The van der Waals surface area contributed by atoms with Crippen molar-refractivity contribution in [3.05, 3.63) is 72.4 Å². The minimum absolute atomic E-state index is 0.112. The first-order valence-corrected chi connectivity index (χ1v) is 19.4. The number of imidazole rings is 2. The molecule has 7 rings (SSSR count). The molecule has 0 radical (unpaired) electrons. The zero-order valence-corrected chi connectivity index (χ0v) is 33.1. The van der Waals surface area contributed by atoms with Crippen molar-refractivity contribution in [3.63, 3.8) is 0 Å². The van der Waals surface area contributed by atoms with Crippen LogP contribution < -0.4 is 10.6 Å². The van der Waals surface area contributed by atoms with Gasteiger partial charge in [0, 0.05) is 25.8 Å². The van der Waals surface area contributed by atoms with Gasteiger partial charge in [-0.05, 0) is 84.7 Å². The van der Waals surface area contributed by atoms with Gasteiger partial charge in [0.15, 0.2) is 0 Å². The number of methoxy groups -OCH3 is 3. The molecule has 300 valence electrons. The summed E-state index contributed by atoms with van der Waals surface area (Å²) in [5.41, 5.74) is 5.59. The lowest BCUT2D eigenvalue weighted by Crippen LogP contribution is -2.54. The first-order chi connectivity index (χ1) is 27.5. The summed E-state index contributed by atoms with van der Waals surface area (Å²) < 4.78 is 14.9. The van der Waals surface area contributed by atoms with Crippen LogP contribution in [0.3, 0.4) is 0 Å². The first-order valence-electron chi connectivity index (χ1n) is 19.4. The van der Waals surface area contributed by atoms with Crippen LogP contribution in [0.15, 0.2) is 60.8 Å². The van der Waals surface area contributed by atoms with E-state index in [-0.39, 0.29) is 29.8 Å². The molecule has 4 amide bonds. The molecule has 15 heteroatoms. The summed E-state index contributed by atoms with van der Waals surface area (Å²) >= 11 is 0. The average Bonchev–Trinajstić information content (AvgIpc) is 4.06. The number of nitrogens with one attached hydrogen (secondary N) is 4. The lowest BCUT2D eigenvalue weighted by Gasteiger charge is -2.30. The number of carbonyl (C=O) groups excluding carboxylic acids is 4. The SMILES string of the molecule is COC(=O)N[C@@H](C(=O)N1CCC[C@H]1c1nc2ccc(-c3ccc4cc(-c5cnc([C@H]6CCCN6C(=O)[C@H](NC(=O)OC)[C@@H](C)OC)[nH]5)ccc4c3)cc2[nH]1)C(C)C. The van der Waals surface area contributed by atoms with E-state index in [2.05, 4.69) is 69.1 Å². The molecule has 57 heavy (non-hydrogen) atoms. The predicted octanol–water partition coefficient (Wildman–Crippen LogP) is 6.24. The van der Waals surface area contributed by atoms with E-state index in [1.54, 1.807) is 18.0 Å². The zero-order valence-electron chi connectivity index (χ0n) is 33.1. The number of H-pyrrole nitrogens is 2. The van der Waals surface area contributed by atoms with Crippen molar-refractivity contribution < 1.29 is 33.4 Å². The number of alkyl carbamates (subject to hydrolysis) is 2. The van der Waals surface area contributed by atoms with E-state index in [1.807, 2.05) is 24.8 Å². The van der Waals surface area contributed by atoms with Crippen LogP contribution in [0, 0.1) is 5.92 Å². The van der Waals surface area contributed by atoms with Crippen molar-refractivity contribution in [1.29, 1.82) is 0 Å². The Balaban J connectivity index is 1.07. The summed E-state index contributed by atoms with van der Waals surface area (Å²) in [5, 5.41) is 7.47. The van der Waals surface area contributed by atoms with Gasteiger partial charge < -0.3 is 44.6 Å². The largest absolute Gasteiger partial charge is 0.453 e. The second-order valence-corrected chi connectivity index (χ2v) is 15.1. The molecule has 5 atom stereocenters. The Morgan fingerprint density at radius 1 is 0.719 bits per heavy atom. The second kappa shape index (κ2) is 16.6. The Morgan fingerprint density at radius 3 is 1.91 bits per heavy atom. The van der Waals surface area contributed by atoms with Crippen LogP contribution in [0.5, 0.6) is 0 Å². The van der Waals surface area contributed by atoms with E-state index in [0.29, 0.717) is 18.9 Å². The molecule has 2 aromatic heterocycles. The van der Waals surface area contributed by atoms with Crippen LogP contribution in [0.4, 0.5) is 9.59 Å². The van der Waals surface area contributed by atoms with Gasteiger partial charge in [-0.2, -0.15) is 0 Å². The smallest absolute Gasteiger partial charge is 0.407 e. The fourth-order valence-corrected chi connectivity index (χ4v) is 8.00. The molecule has 2 aliphatic heterocycles. The summed E-state index contributed by atoms with van der Waals surface area (Å²) in [5.74, 6) is 0.916. The number of aromatic amines is 2. The Hall–Kier alpha value is -5.96. The number of amides is 4. The number of fused-ring (bicyclic) bond motifs is 2. The van der Waals surface area contributed by atoms with Gasteiger partial charge in [0.25, 0.3) is 0 Å². The highest BCUT2D eigenvalue weighted by Gasteiger charge is 2.39. The average molecular weight is 779 g/mol. The van der Waals surface area contributed by atoms with Gasteiger partial charge >= 0.3 is 12.2 Å². The Bertz CT molecular complexity index is 2280. The van der Waals surface area contributed by atoms with Crippen LogP contribution in [-0.2, 0) is 23.8 Å². The van der Waals surface area contributed by atoms with E-state index in [4.69, 9.17) is 24.2 Å². The standard InChI is InChI=1S/C42H50N8O7/c1-23(2)35(47-41(53)56-5)39(51)50-18-8-10-34(50)38-44-30-16-15-28(21-31(30)45-38)26-11-12-27-20-29(14-13-25(27)19-26)32-22-43-37(46-32)33-9-7-17-49(33)40(52)36(24(3)55-4)48-42(54)57-6/h11-16,19-24,33-36H,7-10,17-18H2,1-6H3,(H,43,46)(H,44,45)(H,47,53)(H,48,54)/t24-,33-,34+,35-,36-/m1/s1. The zero-order chi connectivity index (χ0) is 40.4. The Morgan fingerprint density at radius 2 is 1.28 bits per heavy atom. The van der Waals surface area contributed by atoms with E-state index in [0.717, 1.165) is 75.7 Å². The molecular weight excluding hydrogens is 729 g/mol. The van der Waals surface area contributed by atoms with Crippen molar-refractivity contribution in [2.24, 2.45) is 5.92 Å². The molecule has 2 aliphatic rings. The van der Waals surface area contributed by atoms with Crippen LogP contribution >= 0.6 is 0 Å². The number of hydrogen-bond acceptors (Lipinski definition) is 9. The molecule has 0 saturated carbocycles. The molecule has 4 heterocycles. The quantitative estimate of drug-likeness (QED) is 0.121. The van der Waals surface area contributed by atoms with E-state index < -0.39 is 30.4 Å². The van der Waals surface area contributed by atoms with Crippen molar-refractivity contribution >= 4 is 45.8 Å². The highest BCUT2D eigenvalue weighted by molar-refractivity contribution is 5.92. The molecular formula is C42H50N8O7. The molecule has 15 nitrogen and oxygen atoms in total. The topological polar surface area (TPSA) is 184 Å². The van der Waals surface area contributed by atoms with Gasteiger partial charge in [0.05, 0.1) is 55.3 Å². The number of rotatable bonds is 11. The molecule has 5 aromatic rings. The normalized spacial score (nSPS) is 18.5. The molecule has 0 spiro atoms. The number of carbonyl (C=O) groups is 4. The van der Waals surface area contributed by atoms with Gasteiger partial charge in [-0.3, -0.25) is 9.59 Å². The van der Waals surface area contributed by atoms with E-state index in [1.165, 1.54) is 21.3 Å².